The van der Waals surface area contributed by atoms with Crippen LogP contribution in [-0.2, 0) is 4.79 Å². The standard InChI is InChI=1S/C6H8N2.C3H6O2/c7-5-3-1-2-4-6(5)8;1-2-3(4)5/h1-4H,7-8H2;2H2,1H3,(H,4,5). The quantitative estimate of drug-likeness (QED) is 0.571. The maximum Gasteiger partial charge on any atom is 0.303 e. The van der Waals surface area contributed by atoms with Crippen LogP contribution in [0.3, 0.4) is 0 Å². The first-order chi connectivity index (χ1) is 6.07. The Balaban J connectivity index is 0.000000252. The number of carboxylic acid groups (broad SMARTS) is 1. The molecule has 4 nitrogen and oxygen atoms in total. The molecule has 0 aromatic heterocycles. The fraction of sp³-hybridized carbons (Fsp3) is 0.222. The van der Waals surface area contributed by atoms with E-state index in [9.17, 15) is 4.79 Å². The fourth-order valence-corrected chi connectivity index (χ4v) is 0.511. The largest absolute Gasteiger partial charge is 0.481 e. The van der Waals surface area contributed by atoms with Crippen LogP contribution in [0.5, 0.6) is 0 Å². The lowest BCUT2D eigenvalue weighted by Crippen LogP contribution is -1.91. The smallest absolute Gasteiger partial charge is 0.303 e. The molecule has 0 saturated heterocycles. The third-order valence-corrected chi connectivity index (χ3v) is 1.30. The van der Waals surface area contributed by atoms with Crippen molar-refractivity contribution in [3.63, 3.8) is 0 Å². The number of benzene rings is 1. The van der Waals surface area contributed by atoms with Crippen molar-refractivity contribution < 1.29 is 9.90 Å². The van der Waals surface area contributed by atoms with Gasteiger partial charge in [0.15, 0.2) is 0 Å². The summed E-state index contributed by atoms with van der Waals surface area (Å²) in [5.41, 5.74) is 12.1. The predicted molar refractivity (Wildman–Crippen MR) is 53.2 cm³/mol. The molecule has 0 saturated carbocycles. The van der Waals surface area contributed by atoms with Crippen molar-refractivity contribution >= 4 is 17.3 Å². The van der Waals surface area contributed by atoms with E-state index < -0.39 is 5.97 Å². The number of carboxylic acids is 1. The van der Waals surface area contributed by atoms with Gasteiger partial charge in [-0.1, -0.05) is 19.1 Å². The Bertz CT molecular complexity index is 253. The van der Waals surface area contributed by atoms with E-state index >= 15 is 0 Å². The van der Waals surface area contributed by atoms with Gasteiger partial charge in [-0.05, 0) is 12.1 Å². The lowest BCUT2D eigenvalue weighted by molar-refractivity contribution is -0.136. The minimum absolute atomic E-state index is 0.222. The Morgan fingerprint density at radius 1 is 1.31 bits per heavy atom. The van der Waals surface area contributed by atoms with Gasteiger partial charge in [0.25, 0.3) is 0 Å². The molecule has 0 bridgehead atoms. The van der Waals surface area contributed by atoms with Crippen molar-refractivity contribution in [1.82, 2.24) is 0 Å². The third kappa shape index (κ3) is 5.55. The topological polar surface area (TPSA) is 89.3 Å². The second-order valence-corrected chi connectivity index (χ2v) is 2.38. The zero-order chi connectivity index (χ0) is 10.3. The van der Waals surface area contributed by atoms with Crippen LogP contribution in [0, 0.1) is 0 Å². The Morgan fingerprint density at radius 3 is 1.77 bits per heavy atom. The number of nitrogens with two attached hydrogens (primary N) is 2. The number of carbonyl (C=O) groups is 1. The molecule has 4 heteroatoms. The van der Waals surface area contributed by atoms with Crippen LogP contribution in [0.4, 0.5) is 11.4 Å². The second kappa shape index (κ2) is 5.88. The first-order valence-electron chi connectivity index (χ1n) is 3.89. The summed E-state index contributed by atoms with van der Waals surface area (Å²) in [6.07, 6.45) is 0.222. The predicted octanol–water partition coefficient (Wildman–Crippen LogP) is 1.33. The molecule has 0 fully saturated rings. The molecule has 0 heterocycles. The van der Waals surface area contributed by atoms with Crippen LogP contribution in [0.25, 0.3) is 0 Å². The van der Waals surface area contributed by atoms with Gasteiger partial charge in [0.05, 0.1) is 11.4 Å². The molecule has 0 radical (unpaired) electrons. The Kier molecular flexibility index (Phi) is 5.11. The van der Waals surface area contributed by atoms with Crippen molar-refractivity contribution in [2.75, 3.05) is 11.5 Å². The number of anilines is 2. The number of nitrogen functional groups attached to an aromatic ring is 2. The summed E-state index contributed by atoms with van der Waals surface area (Å²) in [6, 6.07) is 7.25. The van der Waals surface area contributed by atoms with Gasteiger partial charge in [0, 0.05) is 6.42 Å². The summed E-state index contributed by atoms with van der Waals surface area (Å²) in [7, 11) is 0. The average molecular weight is 182 g/mol. The highest BCUT2D eigenvalue weighted by Crippen LogP contribution is 2.10. The molecule has 5 N–H and O–H groups in total. The van der Waals surface area contributed by atoms with E-state index in [1.54, 1.807) is 19.1 Å². The van der Waals surface area contributed by atoms with Crippen LogP contribution in [0.1, 0.15) is 13.3 Å². The van der Waals surface area contributed by atoms with Gasteiger partial charge >= 0.3 is 5.97 Å². The highest BCUT2D eigenvalue weighted by Gasteiger charge is 1.85. The number of aliphatic carboxylic acids is 1. The van der Waals surface area contributed by atoms with Crippen molar-refractivity contribution in [1.29, 1.82) is 0 Å². The Hall–Kier alpha value is -1.71. The Labute approximate surface area is 77.2 Å². The van der Waals surface area contributed by atoms with E-state index in [1.807, 2.05) is 12.1 Å². The van der Waals surface area contributed by atoms with E-state index in [-0.39, 0.29) is 6.42 Å². The molecule has 1 rings (SSSR count). The zero-order valence-electron chi connectivity index (χ0n) is 7.53. The summed E-state index contributed by atoms with van der Waals surface area (Å²) in [5, 5.41) is 7.72. The van der Waals surface area contributed by atoms with E-state index in [4.69, 9.17) is 16.6 Å². The van der Waals surface area contributed by atoms with Gasteiger partial charge in [-0.2, -0.15) is 0 Å². The lowest BCUT2D eigenvalue weighted by Gasteiger charge is -1.94. The number of hydrogen-bond donors (Lipinski definition) is 3. The zero-order valence-corrected chi connectivity index (χ0v) is 7.53. The third-order valence-electron chi connectivity index (χ3n) is 1.30. The van der Waals surface area contributed by atoms with Crippen molar-refractivity contribution in [3.05, 3.63) is 24.3 Å². The van der Waals surface area contributed by atoms with Crippen LogP contribution in [0.15, 0.2) is 24.3 Å². The summed E-state index contributed by atoms with van der Waals surface area (Å²) < 4.78 is 0. The van der Waals surface area contributed by atoms with Gasteiger partial charge in [0.1, 0.15) is 0 Å². The molecule has 0 spiro atoms. The monoisotopic (exact) mass is 182 g/mol. The Morgan fingerprint density at radius 2 is 1.62 bits per heavy atom. The summed E-state index contributed by atoms with van der Waals surface area (Å²) in [5.74, 6) is -0.745. The maximum absolute atomic E-state index is 9.37. The molecular weight excluding hydrogens is 168 g/mol. The molecule has 1 aromatic rings. The molecule has 1 aromatic carbocycles. The normalized spacial score (nSPS) is 8.38. The van der Waals surface area contributed by atoms with Gasteiger partial charge in [0.2, 0.25) is 0 Å². The first kappa shape index (κ1) is 11.3. The summed E-state index contributed by atoms with van der Waals surface area (Å²) >= 11 is 0. The van der Waals surface area contributed by atoms with Gasteiger partial charge in [-0.15, -0.1) is 0 Å². The lowest BCUT2D eigenvalue weighted by atomic mass is 10.3. The van der Waals surface area contributed by atoms with Gasteiger partial charge in [-0.3, -0.25) is 4.79 Å². The van der Waals surface area contributed by atoms with E-state index in [0.717, 1.165) is 0 Å². The molecule has 0 aliphatic heterocycles. The minimum Gasteiger partial charge on any atom is -0.481 e. The summed E-state index contributed by atoms with van der Waals surface area (Å²) in [6.45, 7) is 1.60. The van der Waals surface area contributed by atoms with Crippen LogP contribution >= 0.6 is 0 Å². The van der Waals surface area contributed by atoms with E-state index in [2.05, 4.69) is 0 Å². The molecule has 0 aliphatic rings. The number of para-hydroxylation sites is 2. The maximum atomic E-state index is 9.37. The molecule has 0 aliphatic carbocycles. The van der Waals surface area contributed by atoms with Crippen molar-refractivity contribution in [2.24, 2.45) is 0 Å². The molecule has 0 atom stereocenters. The number of hydrogen-bond acceptors (Lipinski definition) is 3. The number of rotatable bonds is 1. The SMILES string of the molecule is CCC(=O)O.Nc1ccccc1N. The molecule has 0 amide bonds. The summed E-state index contributed by atoms with van der Waals surface area (Å²) in [4.78, 5) is 9.37. The van der Waals surface area contributed by atoms with Crippen LogP contribution in [0.2, 0.25) is 0 Å². The van der Waals surface area contributed by atoms with Gasteiger partial charge in [-0.25, -0.2) is 0 Å². The fourth-order valence-electron chi connectivity index (χ4n) is 0.511. The first-order valence-corrected chi connectivity index (χ1v) is 3.89. The average Bonchev–Trinajstić information content (AvgIpc) is 2.11. The molecule has 0 unspecified atom stereocenters. The van der Waals surface area contributed by atoms with E-state index in [0.29, 0.717) is 11.4 Å². The van der Waals surface area contributed by atoms with Crippen molar-refractivity contribution in [2.45, 2.75) is 13.3 Å². The van der Waals surface area contributed by atoms with E-state index in [1.165, 1.54) is 0 Å². The highest BCUT2D eigenvalue weighted by atomic mass is 16.4. The van der Waals surface area contributed by atoms with Crippen LogP contribution in [-0.4, -0.2) is 11.1 Å². The molecule has 72 valence electrons. The molecule has 13 heavy (non-hydrogen) atoms. The van der Waals surface area contributed by atoms with Gasteiger partial charge < -0.3 is 16.6 Å². The molecular formula is C9H14N2O2. The minimum atomic E-state index is -0.745. The van der Waals surface area contributed by atoms with Crippen molar-refractivity contribution in [3.8, 4) is 0 Å². The second-order valence-electron chi connectivity index (χ2n) is 2.38. The highest BCUT2D eigenvalue weighted by molar-refractivity contribution is 5.66. The van der Waals surface area contributed by atoms with Crippen LogP contribution < -0.4 is 11.5 Å².